The second kappa shape index (κ2) is 12.4. The number of likely N-dealkylation sites (tertiary alicyclic amines) is 1. The normalized spacial score (nSPS) is 16.8. The Morgan fingerprint density at radius 2 is 1.67 bits per heavy atom. The fourth-order valence-electron chi connectivity index (χ4n) is 3.51. The van der Waals surface area contributed by atoms with Crippen LogP contribution in [0.4, 0.5) is 4.79 Å². The quantitative estimate of drug-likeness (QED) is 0.415. The van der Waals surface area contributed by atoms with Gasteiger partial charge in [-0.3, -0.25) is 19.3 Å². The molecule has 2 amide bonds. The Hall–Kier alpha value is -3.63. The summed E-state index contributed by atoms with van der Waals surface area (Å²) in [6, 6.07) is 6.63. The van der Waals surface area contributed by atoms with Crippen LogP contribution in [0.5, 0.6) is 0 Å². The van der Waals surface area contributed by atoms with Crippen LogP contribution < -0.4 is 5.32 Å². The van der Waals surface area contributed by atoms with Crippen LogP contribution in [-0.4, -0.2) is 74.8 Å². The van der Waals surface area contributed by atoms with Gasteiger partial charge in [0.2, 0.25) is 5.91 Å². The molecule has 0 bridgehead atoms. The van der Waals surface area contributed by atoms with Crippen LogP contribution in [0, 0.1) is 5.92 Å². The molecule has 1 N–H and O–H groups in total. The molecule has 0 aliphatic carbocycles. The van der Waals surface area contributed by atoms with Gasteiger partial charge in [-0.15, -0.1) is 0 Å². The molecule has 1 aromatic rings. The topological polar surface area (TPSA) is 138 Å². The Kier molecular flexibility index (Phi) is 9.64. The molecule has 1 fully saturated rings. The minimum Gasteiger partial charge on any atom is -0.469 e. The van der Waals surface area contributed by atoms with Gasteiger partial charge in [0.05, 0.1) is 33.7 Å². The summed E-state index contributed by atoms with van der Waals surface area (Å²) in [5.41, 5.74) is 0.792. The molecule has 33 heavy (non-hydrogen) atoms. The second-order valence-corrected chi connectivity index (χ2v) is 7.31. The molecular formula is C22H28N2O9. The van der Waals surface area contributed by atoms with E-state index < -0.39 is 54.3 Å². The number of nitrogens with zero attached hydrogens (tertiary/aromatic N) is 1. The molecule has 1 aliphatic heterocycles. The molecule has 1 saturated heterocycles. The molecule has 1 aromatic carbocycles. The molecule has 2 rings (SSSR count). The molecular weight excluding hydrogens is 436 g/mol. The molecule has 3 atom stereocenters. The zero-order valence-electron chi connectivity index (χ0n) is 18.8. The van der Waals surface area contributed by atoms with E-state index in [-0.39, 0.29) is 13.2 Å². The fraction of sp³-hybridized carbons (Fsp3) is 0.500. The number of esters is 3. The fourth-order valence-corrected chi connectivity index (χ4v) is 3.51. The first kappa shape index (κ1) is 25.6. The molecule has 0 radical (unpaired) electrons. The minimum absolute atomic E-state index is 0.0405. The first-order valence-corrected chi connectivity index (χ1v) is 10.3. The molecule has 0 aromatic heterocycles. The highest BCUT2D eigenvalue weighted by atomic mass is 16.6. The summed E-state index contributed by atoms with van der Waals surface area (Å²) in [4.78, 5) is 63.2. The lowest BCUT2D eigenvalue weighted by atomic mass is 9.95. The van der Waals surface area contributed by atoms with Crippen molar-refractivity contribution >= 4 is 29.9 Å². The Labute approximate surface area is 191 Å². The van der Waals surface area contributed by atoms with Gasteiger partial charge < -0.3 is 24.3 Å². The van der Waals surface area contributed by atoms with Gasteiger partial charge in [0, 0.05) is 6.54 Å². The molecule has 0 unspecified atom stereocenters. The van der Waals surface area contributed by atoms with Crippen molar-refractivity contribution in [2.45, 2.75) is 38.0 Å². The van der Waals surface area contributed by atoms with Gasteiger partial charge in [-0.05, 0) is 18.4 Å². The highest BCUT2D eigenvalue weighted by molar-refractivity contribution is 5.93. The first-order valence-electron chi connectivity index (χ1n) is 10.3. The number of ether oxygens (including phenoxy) is 4. The van der Waals surface area contributed by atoms with E-state index in [1.54, 1.807) is 12.1 Å². The molecule has 11 heteroatoms. The maximum atomic E-state index is 13.0. The Balaban J connectivity index is 2.12. The van der Waals surface area contributed by atoms with Gasteiger partial charge in [0.1, 0.15) is 18.7 Å². The number of benzene rings is 1. The smallest absolute Gasteiger partial charge is 0.410 e. The summed E-state index contributed by atoms with van der Waals surface area (Å²) >= 11 is 0. The van der Waals surface area contributed by atoms with Crippen LogP contribution in [0.3, 0.4) is 0 Å². The lowest BCUT2D eigenvalue weighted by Gasteiger charge is -2.27. The van der Waals surface area contributed by atoms with Crippen LogP contribution >= 0.6 is 0 Å². The predicted molar refractivity (Wildman–Crippen MR) is 112 cm³/mol. The predicted octanol–water partition coefficient (Wildman–Crippen LogP) is 0.798. The third-order valence-electron chi connectivity index (χ3n) is 5.27. The second-order valence-electron chi connectivity index (χ2n) is 7.31. The van der Waals surface area contributed by atoms with E-state index in [1.807, 2.05) is 18.2 Å². The third kappa shape index (κ3) is 6.93. The number of amides is 2. The van der Waals surface area contributed by atoms with E-state index >= 15 is 0 Å². The number of nitrogens with one attached hydrogen (secondary N) is 1. The van der Waals surface area contributed by atoms with Crippen LogP contribution in [-0.2, 0) is 44.7 Å². The summed E-state index contributed by atoms with van der Waals surface area (Å²) in [6.07, 6.45) is -0.314. The third-order valence-corrected chi connectivity index (χ3v) is 5.27. The van der Waals surface area contributed by atoms with Gasteiger partial charge >= 0.3 is 24.0 Å². The van der Waals surface area contributed by atoms with E-state index in [4.69, 9.17) is 9.47 Å². The lowest BCUT2D eigenvalue weighted by Crippen LogP contribution is -2.55. The van der Waals surface area contributed by atoms with Crippen molar-refractivity contribution in [3.05, 3.63) is 35.9 Å². The van der Waals surface area contributed by atoms with Crippen LogP contribution in [0.25, 0.3) is 0 Å². The van der Waals surface area contributed by atoms with E-state index in [9.17, 15) is 24.0 Å². The Morgan fingerprint density at radius 1 is 1.00 bits per heavy atom. The van der Waals surface area contributed by atoms with Crippen molar-refractivity contribution in [3.8, 4) is 0 Å². The average Bonchev–Trinajstić information content (AvgIpc) is 3.34. The van der Waals surface area contributed by atoms with Gasteiger partial charge in [0.15, 0.2) is 0 Å². The summed E-state index contributed by atoms with van der Waals surface area (Å²) < 4.78 is 19.3. The molecule has 180 valence electrons. The van der Waals surface area contributed by atoms with E-state index in [2.05, 4.69) is 14.8 Å². The minimum atomic E-state index is -1.52. The number of methoxy groups -OCH3 is 3. The number of carbonyl (C=O) groups is 5. The maximum absolute atomic E-state index is 13.0. The summed E-state index contributed by atoms with van der Waals surface area (Å²) in [6.45, 7) is 0.329. The van der Waals surface area contributed by atoms with Crippen molar-refractivity contribution < 1.29 is 42.9 Å². The number of carbonyl (C=O) groups excluding carboxylic acids is 5. The van der Waals surface area contributed by atoms with Gasteiger partial charge in [-0.2, -0.15) is 0 Å². The highest BCUT2D eigenvalue weighted by Gasteiger charge is 2.42. The maximum Gasteiger partial charge on any atom is 0.410 e. The van der Waals surface area contributed by atoms with Gasteiger partial charge in [0.25, 0.3) is 0 Å². The van der Waals surface area contributed by atoms with Crippen molar-refractivity contribution in [2.24, 2.45) is 5.92 Å². The molecule has 0 spiro atoms. The SMILES string of the molecule is COC(=O)C[C@@H](C(=O)OC)[C@@H](NC(=O)[C@H]1CCCN1C(=O)OCc1ccccc1)C(=O)OC. The summed E-state index contributed by atoms with van der Waals surface area (Å²) in [5.74, 6) is -4.68. The zero-order chi connectivity index (χ0) is 24.4. The van der Waals surface area contributed by atoms with Crippen molar-refractivity contribution in [2.75, 3.05) is 27.9 Å². The van der Waals surface area contributed by atoms with Crippen LogP contribution in [0.2, 0.25) is 0 Å². The molecule has 0 saturated carbocycles. The monoisotopic (exact) mass is 464 g/mol. The molecule has 1 aliphatic rings. The summed E-state index contributed by atoms with van der Waals surface area (Å²) in [7, 11) is 3.29. The van der Waals surface area contributed by atoms with Crippen molar-refractivity contribution in [1.29, 1.82) is 0 Å². The Bertz CT molecular complexity index is 859. The van der Waals surface area contributed by atoms with Gasteiger partial charge in [-0.25, -0.2) is 9.59 Å². The first-order chi connectivity index (χ1) is 15.8. The van der Waals surface area contributed by atoms with E-state index in [0.717, 1.165) is 26.9 Å². The van der Waals surface area contributed by atoms with Gasteiger partial charge in [-0.1, -0.05) is 30.3 Å². The lowest BCUT2D eigenvalue weighted by molar-refractivity contribution is -0.159. The number of rotatable bonds is 9. The van der Waals surface area contributed by atoms with E-state index in [0.29, 0.717) is 12.8 Å². The number of hydrogen-bond donors (Lipinski definition) is 1. The standard InChI is InChI=1S/C22H28N2O9/c1-30-17(25)12-15(20(27)31-2)18(21(28)32-3)23-19(26)16-10-7-11-24(16)22(29)33-13-14-8-5-4-6-9-14/h4-6,8-9,15-16,18H,7,10-13H2,1-3H3,(H,23,26)/t15-,16-,18-/m1/s1. The van der Waals surface area contributed by atoms with Crippen LogP contribution in [0.15, 0.2) is 30.3 Å². The van der Waals surface area contributed by atoms with Crippen molar-refractivity contribution in [1.82, 2.24) is 10.2 Å². The average molecular weight is 464 g/mol. The van der Waals surface area contributed by atoms with E-state index in [1.165, 1.54) is 4.90 Å². The highest BCUT2D eigenvalue weighted by Crippen LogP contribution is 2.21. The van der Waals surface area contributed by atoms with Crippen molar-refractivity contribution in [3.63, 3.8) is 0 Å². The number of hydrogen-bond acceptors (Lipinski definition) is 9. The summed E-state index contributed by atoms with van der Waals surface area (Å²) in [5, 5.41) is 2.44. The van der Waals surface area contributed by atoms with Crippen LogP contribution in [0.1, 0.15) is 24.8 Å². The largest absolute Gasteiger partial charge is 0.469 e. The molecule has 1 heterocycles. The molecule has 11 nitrogen and oxygen atoms in total. The Morgan fingerprint density at radius 3 is 2.27 bits per heavy atom. The zero-order valence-corrected chi connectivity index (χ0v) is 18.8.